The first-order valence-electron chi connectivity index (χ1n) is 6.95. The Bertz CT molecular complexity index is 367. The molecule has 1 aliphatic heterocycles. The molecule has 0 aromatic heterocycles. The molecule has 0 radical (unpaired) electrons. The zero-order valence-electron chi connectivity index (χ0n) is 11.9. The second-order valence-corrected chi connectivity index (χ2v) is 5.04. The Kier molecular flexibility index (Phi) is 5.48. The second-order valence-electron chi connectivity index (χ2n) is 5.04. The van der Waals surface area contributed by atoms with E-state index < -0.39 is 0 Å². The molecule has 1 aromatic carbocycles. The van der Waals surface area contributed by atoms with Gasteiger partial charge in [-0.15, -0.1) is 0 Å². The van der Waals surface area contributed by atoms with E-state index in [9.17, 15) is 0 Å². The Labute approximate surface area is 115 Å². The molecule has 0 saturated carbocycles. The molecule has 1 fully saturated rings. The fourth-order valence-electron chi connectivity index (χ4n) is 2.54. The lowest BCUT2D eigenvalue weighted by Crippen LogP contribution is -2.28. The van der Waals surface area contributed by atoms with Crippen LogP contribution in [0.3, 0.4) is 0 Å². The molecular formula is C15H24N2O2. The summed E-state index contributed by atoms with van der Waals surface area (Å²) in [4.78, 5) is 2.48. The van der Waals surface area contributed by atoms with Crippen molar-refractivity contribution in [2.24, 2.45) is 5.92 Å². The smallest absolute Gasteiger partial charge is 0.119 e. The van der Waals surface area contributed by atoms with Gasteiger partial charge in [-0.25, -0.2) is 0 Å². The molecule has 106 valence electrons. The van der Waals surface area contributed by atoms with Gasteiger partial charge < -0.3 is 14.8 Å². The summed E-state index contributed by atoms with van der Waals surface area (Å²) >= 11 is 0. The molecule has 1 atom stereocenters. The van der Waals surface area contributed by atoms with E-state index in [2.05, 4.69) is 10.2 Å². The van der Waals surface area contributed by atoms with E-state index in [0.29, 0.717) is 0 Å². The van der Waals surface area contributed by atoms with Crippen molar-refractivity contribution in [3.05, 3.63) is 24.3 Å². The molecule has 1 N–H and O–H groups in total. The Morgan fingerprint density at radius 3 is 2.68 bits per heavy atom. The van der Waals surface area contributed by atoms with Crippen LogP contribution in [0.4, 0.5) is 0 Å². The summed E-state index contributed by atoms with van der Waals surface area (Å²) in [5.41, 5.74) is 0. The van der Waals surface area contributed by atoms with Gasteiger partial charge in [0.05, 0.1) is 7.11 Å². The average molecular weight is 264 g/mol. The fraction of sp³-hybridized carbons (Fsp3) is 0.600. The highest BCUT2D eigenvalue weighted by atomic mass is 16.5. The standard InChI is InChI=1S/C15H24N2O2/c1-16-11-13-7-8-17(12-13)9-10-19-15-5-3-14(18-2)4-6-15/h3-6,13,16H,7-12H2,1-2H3. The van der Waals surface area contributed by atoms with Crippen molar-refractivity contribution in [3.63, 3.8) is 0 Å². The Balaban J connectivity index is 1.66. The molecule has 1 saturated heterocycles. The minimum atomic E-state index is 0.749. The molecule has 1 unspecified atom stereocenters. The van der Waals surface area contributed by atoms with Gasteiger partial charge in [-0.1, -0.05) is 0 Å². The number of likely N-dealkylation sites (tertiary alicyclic amines) is 1. The molecule has 19 heavy (non-hydrogen) atoms. The molecule has 1 aliphatic rings. The molecular weight excluding hydrogens is 240 g/mol. The lowest BCUT2D eigenvalue weighted by molar-refractivity contribution is 0.232. The summed E-state index contributed by atoms with van der Waals surface area (Å²) in [5, 5.41) is 3.25. The Morgan fingerprint density at radius 2 is 2.00 bits per heavy atom. The minimum absolute atomic E-state index is 0.749. The van der Waals surface area contributed by atoms with Crippen molar-refractivity contribution in [1.82, 2.24) is 10.2 Å². The Hall–Kier alpha value is -1.26. The fourth-order valence-corrected chi connectivity index (χ4v) is 2.54. The van der Waals surface area contributed by atoms with Crippen LogP contribution in [0, 0.1) is 5.92 Å². The summed E-state index contributed by atoms with van der Waals surface area (Å²) < 4.78 is 10.9. The van der Waals surface area contributed by atoms with Crippen molar-refractivity contribution in [2.75, 3.05) is 46.9 Å². The number of benzene rings is 1. The number of hydrogen-bond donors (Lipinski definition) is 1. The van der Waals surface area contributed by atoms with E-state index >= 15 is 0 Å². The van der Waals surface area contributed by atoms with Crippen LogP contribution >= 0.6 is 0 Å². The van der Waals surface area contributed by atoms with Crippen LogP contribution in [0.25, 0.3) is 0 Å². The van der Waals surface area contributed by atoms with Gasteiger partial charge in [0.2, 0.25) is 0 Å². The molecule has 0 aliphatic carbocycles. The van der Waals surface area contributed by atoms with E-state index in [1.165, 1.54) is 19.5 Å². The van der Waals surface area contributed by atoms with Crippen molar-refractivity contribution >= 4 is 0 Å². The molecule has 4 nitrogen and oxygen atoms in total. The zero-order chi connectivity index (χ0) is 13.5. The minimum Gasteiger partial charge on any atom is -0.497 e. The molecule has 2 rings (SSSR count). The predicted molar refractivity (Wildman–Crippen MR) is 77.0 cm³/mol. The van der Waals surface area contributed by atoms with Crippen LogP contribution in [-0.4, -0.2) is 51.8 Å². The van der Waals surface area contributed by atoms with Gasteiger partial charge >= 0.3 is 0 Å². The maximum Gasteiger partial charge on any atom is 0.119 e. The van der Waals surface area contributed by atoms with Gasteiger partial charge in [0.25, 0.3) is 0 Å². The van der Waals surface area contributed by atoms with Gasteiger partial charge in [-0.2, -0.15) is 0 Å². The summed E-state index contributed by atoms with van der Waals surface area (Å²) in [6, 6.07) is 7.75. The van der Waals surface area contributed by atoms with Crippen LogP contribution in [-0.2, 0) is 0 Å². The van der Waals surface area contributed by atoms with E-state index in [1.54, 1.807) is 7.11 Å². The van der Waals surface area contributed by atoms with Crippen molar-refractivity contribution in [1.29, 1.82) is 0 Å². The Morgan fingerprint density at radius 1 is 1.26 bits per heavy atom. The third-order valence-electron chi connectivity index (χ3n) is 3.60. The van der Waals surface area contributed by atoms with Crippen molar-refractivity contribution in [2.45, 2.75) is 6.42 Å². The lowest BCUT2D eigenvalue weighted by atomic mass is 10.1. The molecule has 4 heteroatoms. The summed E-state index contributed by atoms with van der Waals surface area (Å²) in [6.07, 6.45) is 1.30. The maximum atomic E-state index is 5.75. The van der Waals surface area contributed by atoms with Crippen LogP contribution in [0.5, 0.6) is 11.5 Å². The average Bonchev–Trinajstić information content (AvgIpc) is 2.88. The van der Waals surface area contributed by atoms with Crippen LogP contribution < -0.4 is 14.8 Å². The van der Waals surface area contributed by atoms with Crippen LogP contribution in [0.1, 0.15) is 6.42 Å². The number of ether oxygens (including phenoxy) is 2. The number of nitrogens with zero attached hydrogens (tertiary/aromatic N) is 1. The number of nitrogens with one attached hydrogen (secondary N) is 1. The molecule has 1 heterocycles. The molecule has 0 bridgehead atoms. The third kappa shape index (κ3) is 4.40. The quantitative estimate of drug-likeness (QED) is 0.811. The SMILES string of the molecule is CNCC1CCN(CCOc2ccc(OC)cc2)C1. The van der Waals surface area contributed by atoms with E-state index in [-0.39, 0.29) is 0 Å². The van der Waals surface area contributed by atoms with Crippen LogP contribution in [0.15, 0.2) is 24.3 Å². The third-order valence-corrected chi connectivity index (χ3v) is 3.60. The summed E-state index contributed by atoms with van der Waals surface area (Å²) in [6.45, 7) is 5.26. The molecule has 1 aromatic rings. The number of hydrogen-bond acceptors (Lipinski definition) is 4. The first-order chi connectivity index (χ1) is 9.31. The van der Waals surface area contributed by atoms with Gasteiger partial charge in [0.15, 0.2) is 0 Å². The number of rotatable bonds is 7. The highest BCUT2D eigenvalue weighted by Crippen LogP contribution is 2.18. The van der Waals surface area contributed by atoms with E-state index in [0.717, 1.165) is 37.1 Å². The second kappa shape index (κ2) is 7.36. The summed E-state index contributed by atoms with van der Waals surface area (Å²) in [7, 11) is 3.69. The van der Waals surface area contributed by atoms with Gasteiger partial charge in [0.1, 0.15) is 18.1 Å². The van der Waals surface area contributed by atoms with Crippen LogP contribution in [0.2, 0.25) is 0 Å². The first-order valence-corrected chi connectivity index (χ1v) is 6.95. The van der Waals surface area contributed by atoms with E-state index in [4.69, 9.17) is 9.47 Å². The van der Waals surface area contributed by atoms with Crippen molar-refractivity contribution in [3.8, 4) is 11.5 Å². The van der Waals surface area contributed by atoms with E-state index in [1.807, 2.05) is 31.3 Å². The van der Waals surface area contributed by atoms with Gasteiger partial charge in [-0.3, -0.25) is 4.90 Å². The van der Waals surface area contributed by atoms with Crippen molar-refractivity contribution < 1.29 is 9.47 Å². The normalized spacial score (nSPS) is 19.6. The highest BCUT2D eigenvalue weighted by molar-refractivity contribution is 5.31. The topological polar surface area (TPSA) is 33.7 Å². The lowest BCUT2D eigenvalue weighted by Gasteiger charge is -2.16. The predicted octanol–water partition coefficient (Wildman–Crippen LogP) is 1.62. The zero-order valence-corrected chi connectivity index (χ0v) is 11.9. The number of methoxy groups -OCH3 is 1. The monoisotopic (exact) mass is 264 g/mol. The largest absolute Gasteiger partial charge is 0.497 e. The first kappa shape index (κ1) is 14.2. The summed E-state index contributed by atoms with van der Waals surface area (Å²) in [5.74, 6) is 2.57. The van der Waals surface area contributed by atoms with Gasteiger partial charge in [0, 0.05) is 13.1 Å². The highest BCUT2D eigenvalue weighted by Gasteiger charge is 2.21. The van der Waals surface area contributed by atoms with Gasteiger partial charge in [-0.05, 0) is 56.7 Å². The maximum absolute atomic E-state index is 5.75. The molecule has 0 spiro atoms. The molecule has 0 amide bonds.